The van der Waals surface area contributed by atoms with Gasteiger partial charge in [-0.1, -0.05) is 47.6 Å². The lowest BCUT2D eigenvalue weighted by Gasteiger charge is -2.07. The Balaban J connectivity index is 1.66. The van der Waals surface area contributed by atoms with E-state index in [0.29, 0.717) is 34.9 Å². The van der Waals surface area contributed by atoms with Crippen molar-refractivity contribution in [1.29, 1.82) is 0 Å². The van der Waals surface area contributed by atoms with Gasteiger partial charge in [0.15, 0.2) is 12.4 Å². The third-order valence-corrected chi connectivity index (χ3v) is 4.55. The van der Waals surface area contributed by atoms with Gasteiger partial charge in [0.25, 0.3) is 0 Å². The summed E-state index contributed by atoms with van der Waals surface area (Å²) in [6, 6.07) is 19.1. The Labute approximate surface area is 173 Å². The first-order valence-electron chi connectivity index (χ1n) is 9.48. The van der Waals surface area contributed by atoms with Gasteiger partial charge >= 0.3 is 5.97 Å². The Morgan fingerprint density at radius 3 is 2.60 bits per heavy atom. The zero-order valence-corrected chi connectivity index (χ0v) is 16.7. The molecule has 152 valence electrons. The van der Waals surface area contributed by atoms with E-state index in [1.54, 1.807) is 24.1 Å². The molecule has 7 nitrogen and oxygen atoms in total. The molecule has 4 rings (SSSR count). The lowest BCUT2D eigenvalue weighted by molar-refractivity contribution is 0.0438. The summed E-state index contributed by atoms with van der Waals surface area (Å²) >= 11 is 0. The van der Waals surface area contributed by atoms with Crippen LogP contribution in [0.2, 0.25) is 0 Å². The third kappa shape index (κ3) is 4.25. The largest absolute Gasteiger partial charge is 0.496 e. The van der Waals surface area contributed by atoms with Crippen molar-refractivity contribution in [2.75, 3.05) is 7.11 Å². The van der Waals surface area contributed by atoms with Gasteiger partial charge in [0.2, 0.25) is 0 Å². The van der Waals surface area contributed by atoms with E-state index >= 15 is 0 Å². The van der Waals surface area contributed by atoms with E-state index in [1.165, 1.54) is 0 Å². The SMILES string of the molecule is COc1ccccc1-c1nn(Cc2ccccc2)cc1C(=O)OCc1cc(C)no1. The van der Waals surface area contributed by atoms with Crippen LogP contribution in [0.1, 0.15) is 27.4 Å². The second kappa shape index (κ2) is 8.65. The standard InChI is InChI=1S/C23H21N3O4/c1-16-12-18(30-25-16)15-29-23(27)20-14-26(13-17-8-4-3-5-9-17)24-22(20)19-10-6-7-11-21(19)28-2/h3-12,14H,13,15H2,1-2H3. The van der Waals surface area contributed by atoms with Gasteiger partial charge < -0.3 is 14.0 Å². The molecule has 0 saturated carbocycles. The number of esters is 1. The van der Waals surface area contributed by atoms with Gasteiger partial charge in [0.1, 0.15) is 17.0 Å². The Bertz CT molecular complexity index is 1150. The first-order chi connectivity index (χ1) is 14.6. The number of hydrogen-bond donors (Lipinski definition) is 0. The number of para-hydroxylation sites is 1. The molecule has 0 unspecified atom stereocenters. The molecule has 2 aromatic carbocycles. The van der Waals surface area contributed by atoms with Gasteiger partial charge in [-0.2, -0.15) is 5.10 Å². The predicted molar refractivity (Wildman–Crippen MR) is 110 cm³/mol. The number of aromatic nitrogens is 3. The molecular weight excluding hydrogens is 382 g/mol. The zero-order valence-electron chi connectivity index (χ0n) is 16.7. The van der Waals surface area contributed by atoms with Crippen LogP contribution in [0.3, 0.4) is 0 Å². The second-order valence-corrected chi connectivity index (χ2v) is 6.79. The minimum Gasteiger partial charge on any atom is -0.496 e. The quantitative estimate of drug-likeness (QED) is 0.429. The predicted octanol–water partition coefficient (Wildman–Crippen LogP) is 4.26. The minimum absolute atomic E-state index is 0.00506. The van der Waals surface area contributed by atoms with Gasteiger partial charge in [0, 0.05) is 17.8 Å². The van der Waals surface area contributed by atoms with E-state index in [-0.39, 0.29) is 6.61 Å². The van der Waals surface area contributed by atoms with Gasteiger partial charge in [-0.15, -0.1) is 0 Å². The number of hydrogen-bond acceptors (Lipinski definition) is 6. The number of carbonyl (C=O) groups excluding carboxylic acids is 1. The first-order valence-corrected chi connectivity index (χ1v) is 9.48. The molecule has 2 aromatic heterocycles. The summed E-state index contributed by atoms with van der Waals surface area (Å²) < 4.78 is 17.8. The smallest absolute Gasteiger partial charge is 0.342 e. The molecule has 2 heterocycles. The second-order valence-electron chi connectivity index (χ2n) is 6.79. The summed E-state index contributed by atoms with van der Waals surface area (Å²) in [4.78, 5) is 12.9. The molecule has 0 fully saturated rings. The van der Waals surface area contributed by atoms with Crippen LogP contribution < -0.4 is 4.74 Å². The van der Waals surface area contributed by atoms with Crippen LogP contribution in [0.5, 0.6) is 5.75 Å². The number of nitrogens with zero attached hydrogens (tertiary/aromatic N) is 3. The van der Waals surface area contributed by atoms with Crippen molar-refractivity contribution in [2.45, 2.75) is 20.1 Å². The molecular formula is C23H21N3O4. The van der Waals surface area contributed by atoms with Crippen LogP contribution in [-0.4, -0.2) is 28.0 Å². The Kier molecular flexibility index (Phi) is 5.61. The van der Waals surface area contributed by atoms with Crippen molar-refractivity contribution in [3.8, 4) is 17.0 Å². The molecule has 4 aromatic rings. The topological polar surface area (TPSA) is 79.4 Å². The maximum absolute atomic E-state index is 12.9. The highest BCUT2D eigenvalue weighted by atomic mass is 16.5. The highest BCUT2D eigenvalue weighted by molar-refractivity contribution is 5.96. The van der Waals surface area contributed by atoms with Crippen molar-refractivity contribution >= 4 is 5.97 Å². The molecule has 0 radical (unpaired) electrons. The Morgan fingerprint density at radius 2 is 1.87 bits per heavy atom. The van der Waals surface area contributed by atoms with Crippen LogP contribution in [0.25, 0.3) is 11.3 Å². The molecule has 7 heteroatoms. The van der Waals surface area contributed by atoms with Crippen molar-refractivity contribution in [1.82, 2.24) is 14.9 Å². The fraction of sp³-hybridized carbons (Fsp3) is 0.174. The van der Waals surface area contributed by atoms with Crippen LogP contribution in [0, 0.1) is 6.92 Å². The Morgan fingerprint density at radius 1 is 1.10 bits per heavy atom. The molecule has 0 atom stereocenters. The molecule has 0 amide bonds. The lowest BCUT2D eigenvalue weighted by atomic mass is 10.1. The third-order valence-electron chi connectivity index (χ3n) is 4.55. The summed E-state index contributed by atoms with van der Waals surface area (Å²) in [7, 11) is 1.59. The molecule has 0 spiro atoms. The number of rotatable bonds is 7. The lowest BCUT2D eigenvalue weighted by Crippen LogP contribution is -2.06. The van der Waals surface area contributed by atoms with Crippen LogP contribution in [0.4, 0.5) is 0 Å². The summed E-state index contributed by atoms with van der Waals surface area (Å²) in [6.45, 7) is 2.33. The first kappa shape index (κ1) is 19.4. The molecule has 0 aliphatic rings. The van der Waals surface area contributed by atoms with Crippen molar-refractivity contribution < 1.29 is 18.8 Å². The molecule has 0 aliphatic carbocycles. The highest BCUT2D eigenvalue weighted by Crippen LogP contribution is 2.31. The van der Waals surface area contributed by atoms with E-state index in [2.05, 4.69) is 10.3 Å². The van der Waals surface area contributed by atoms with Crippen LogP contribution >= 0.6 is 0 Å². The molecule has 30 heavy (non-hydrogen) atoms. The monoisotopic (exact) mass is 403 g/mol. The molecule has 0 bridgehead atoms. The summed E-state index contributed by atoms with van der Waals surface area (Å²) in [5.41, 5.74) is 3.37. The van der Waals surface area contributed by atoms with E-state index in [9.17, 15) is 4.79 Å². The number of aryl methyl sites for hydroxylation is 1. The number of methoxy groups -OCH3 is 1. The van der Waals surface area contributed by atoms with E-state index < -0.39 is 5.97 Å². The molecule has 0 aliphatic heterocycles. The summed E-state index contributed by atoms with van der Waals surface area (Å²) in [5.74, 6) is 0.614. The fourth-order valence-corrected chi connectivity index (χ4v) is 3.16. The van der Waals surface area contributed by atoms with Gasteiger partial charge in [-0.25, -0.2) is 4.79 Å². The van der Waals surface area contributed by atoms with E-state index in [0.717, 1.165) is 11.3 Å². The number of carbonyl (C=O) groups is 1. The normalized spacial score (nSPS) is 10.7. The maximum atomic E-state index is 12.9. The van der Waals surface area contributed by atoms with E-state index in [1.807, 2.05) is 61.5 Å². The average Bonchev–Trinajstić information content (AvgIpc) is 3.39. The van der Waals surface area contributed by atoms with Crippen molar-refractivity contribution in [3.05, 3.63) is 89.4 Å². The maximum Gasteiger partial charge on any atom is 0.342 e. The van der Waals surface area contributed by atoms with Gasteiger partial charge in [-0.05, 0) is 24.6 Å². The fourth-order valence-electron chi connectivity index (χ4n) is 3.16. The van der Waals surface area contributed by atoms with Gasteiger partial charge in [0.05, 0.1) is 19.3 Å². The Hall–Kier alpha value is -3.87. The zero-order chi connectivity index (χ0) is 20.9. The van der Waals surface area contributed by atoms with Crippen LogP contribution in [-0.2, 0) is 17.9 Å². The van der Waals surface area contributed by atoms with Crippen molar-refractivity contribution in [3.63, 3.8) is 0 Å². The van der Waals surface area contributed by atoms with E-state index in [4.69, 9.17) is 14.0 Å². The highest BCUT2D eigenvalue weighted by Gasteiger charge is 2.22. The summed E-state index contributed by atoms with van der Waals surface area (Å²) in [6.07, 6.45) is 1.70. The van der Waals surface area contributed by atoms with Crippen molar-refractivity contribution in [2.24, 2.45) is 0 Å². The number of benzene rings is 2. The molecule has 0 saturated heterocycles. The minimum atomic E-state index is -0.496. The van der Waals surface area contributed by atoms with Crippen LogP contribution in [0.15, 0.2) is 71.4 Å². The molecule has 0 N–H and O–H groups in total. The average molecular weight is 403 g/mol. The summed E-state index contributed by atoms with van der Waals surface area (Å²) in [5, 5.41) is 8.47. The number of ether oxygens (including phenoxy) is 2. The van der Waals surface area contributed by atoms with Gasteiger partial charge in [-0.3, -0.25) is 4.68 Å².